The quantitative estimate of drug-likeness (QED) is 0.854. The van der Waals surface area contributed by atoms with E-state index in [0.29, 0.717) is 22.9 Å². The van der Waals surface area contributed by atoms with Crippen molar-refractivity contribution in [3.8, 4) is 0 Å². The van der Waals surface area contributed by atoms with Gasteiger partial charge in [0.25, 0.3) is 0 Å². The number of anilines is 1. The van der Waals surface area contributed by atoms with Crippen LogP contribution >= 0.6 is 11.6 Å². The van der Waals surface area contributed by atoms with Gasteiger partial charge in [0.1, 0.15) is 5.82 Å². The zero-order chi connectivity index (χ0) is 13.0. The number of nitrogens with two attached hydrogens (primary N) is 1. The van der Waals surface area contributed by atoms with Crippen LogP contribution in [0.4, 0.5) is 10.1 Å². The maximum atomic E-state index is 13.5. The van der Waals surface area contributed by atoms with Gasteiger partial charge in [0, 0.05) is 16.3 Å². The van der Waals surface area contributed by atoms with E-state index in [1.54, 1.807) is 18.2 Å². The second kappa shape index (κ2) is 5.85. The first kappa shape index (κ1) is 12.9. The summed E-state index contributed by atoms with van der Waals surface area (Å²) < 4.78 is 18.9. The lowest BCUT2D eigenvalue weighted by Gasteiger charge is -2.08. The Hall–Kier alpha value is -1.58. The Morgan fingerprint density at radius 1 is 1.11 bits per heavy atom. The maximum absolute atomic E-state index is 13.5. The Morgan fingerprint density at radius 2 is 1.89 bits per heavy atom. The number of hydrogen-bond acceptors (Lipinski definition) is 2. The lowest BCUT2D eigenvalue weighted by Crippen LogP contribution is -2.01. The molecule has 0 aromatic heterocycles. The summed E-state index contributed by atoms with van der Waals surface area (Å²) in [6.45, 7) is 0.513. The molecule has 2 aromatic rings. The molecule has 0 heterocycles. The van der Waals surface area contributed by atoms with Crippen molar-refractivity contribution in [3.63, 3.8) is 0 Å². The third kappa shape index (κ3) is 3.22. The van der Waals surface area contributed by atoms with Crippen LogP contribution in [0.1, 0.15) is 11.1 Å². The minimum absolute atomic E-state index is 0.144. The molecule has 0 bridgehead atoms. The van der Waals surface area contributed by atoms with Gasteiger partial charge in [0.05, 0.1) is 13.2 Å². The van der Waals surface area contributed by atoms with Crippen molar-refractivity contribution in [2.45, 2.75) is 13.2 Å². The number of nitrogen functional groups attached to an aromatic ring is 1. The van der Waals surface area contributed by atoms with Crippen molar-refractivity contribution < 1.29 is 9.13 Å². The topological polar surface area (TPSA) is 35.2 Å². The number of hydrogen-bond donors (Lipinski definition) is 1. The summed E-state index contributed by atoms with van der Waals surface area (Å²) in [7, 11) is 0. The fourth-order valence-electron chi connectivity index (χ4n) is 1.63. The molecule has 94 valence electrons. The largest absolute Gasteiger partial charge is 0.398 e. The third-order valence-electron chi connectivity index (χ3n) is 2.56. The van der Waals surface area contributed by atoms with Crippen molar-refractivity contribution >= 4 is 17.3 Å². The smallest absolute Gasteiger partial charge is 0.130 e. The van der Waals surface area contributed by atoms with Crippen molar-refractivity contribution in [3.05, 3.63) is 64.4 Å². The van der Waals surface area contributed by atoms with Crippen LogP contribution in [-0.4, -0.2) is 0 Å². The molecular formula is C14H13ClFNO. The average Bonchev–Trinajstić information content (AvgIpc) is 2.33. The summed E-state index contributed by atoms with van der Waals surface area (Å²) in [4.78, 5) is 0. The molecule has 2 nitrogen and oxygen atoms in total. The second-order valence-electron chi connectivity index (χ2n) is 3.93. The molecule has 4 heteroatoms. The zero-order valence-electron chi connectivity index (χ0n) is 9.70. The Kier molecular flexibility index (Phi) is 4.18. The van der Waals surface area contributed by atoms with Crippen molar-refractivity contribution in [2.75, 3.05) is 5.73 Å². The normalized spacial score (nSPS) is 10.6. The predicted octanol–water partition coefficient (Wildman–Crippen LogP) is 3.78. The minimum atomic E-state index is -0.346. The van der Waals surface area contributed by atoms with Gasteiger partial charge in [-0.15, -0.1) is 0 Å². The second-order valence-corrected chi connectivity index (χ2v) is 4.37. The molecule has 0 fully saturated rings. The van der Waals surface area contributed by atoms with E-state index in [4.69, 9.17) is 22.1 Å². The van der Waals surface area contributed by atoms with Crippen LogP contribution in [0.15, 0.2) is 42.5 Å². The van der Waals surface area contributed by atoms with Crippen LogP contribution < -0.4 is 5.73 Å². The Bertz CT molecular complexity index is 525. The van der Waals surface area contributed by atoms with Crippen molar-refractivity contribution in [2.24, 2.45) is 0 Å². The highest BCUT2D eigenvalue weighted by Gasteiger charge is 2.06. The highest BCUT2D eigenvalue weighted by atomic mass is 35.5. The number of halogens is 2. The molecule has 0 aliphatic rings. The van der Waals surface area contributed by atoms with Gasteiger partial charge in [-0.2, -0.15) is 0 Å². The van der Waals surface area contributed by atoms with E-state index >= 15 is 0 Å². The molecule has 2 rings (SSSR count). The Labute approximate surface area is 110 Å². The summed E-state index contributed by atoms with van der Waals surface area (Å²) in [5.74, 6) is -0.346. The predicted molar refractivity (Wildman–Crippen MR) is 70.8 cm³/mol. The lowest BCUT2D eigenvalue weighted by atomic mass is 10.2. The maximum Gasteiger partial charge on any atom is 0.130 e. The zero-order valence-corrected chi connectivity index (χ0v) is 10.5. The first-order chi connectivity index (χ1) is 8.66. The van der Waals surface area contributed by atoms with Crippen LogP contribution in [0.5, 0.6) is 0 Å². The van der Waals surface area contributed by atoms with Crippen LogP contribution in [0, 0.1) is 5.82 Å². The van der Waals surface area contributed by atoms with Crippen molar-refractivity contribution in [1.29, 1.82) is 0 Å². The molecular weight excluding hydrogens is 253 g/mol. The fraction of sp³-hybridized carbons (Fsp3) is 0.143. The van der Waals surface area contributed by atoms with Gasteiger partial charge < -0.3 is 10.5 Å². The first-order valence-electron chi connectivity index (χ1n) is 5.52. The minimum Gasteiger partial charge on any atom is -0.398 e. The summed E-state index contributed by atoms with van der Waals surface area (Å²) in [6, 6.07) is 11.9. The van der Waals surface area contributed by atoms with Crippen LogP contribution in [-0.2, 0) is 18.0 Å². The van der Waals surface area contributed by atoms with E-state index in [1.165, 1.54) is 6.07 Å². The molecule has 0 saturated heterocycles. The van der Waals surface area contributed by atoms with E-state index in [2.05, 4.69) is 0 Å². The monoisotopic (exact) mass is 265 g/mol. The summed E-state index contributed by atoms with van der Waals surface area (Å²) in [5.41, 5.74) is 7.42. The Morgan fingerprint density at radius 3 is 2.61 bits per heavy atom. The van der Waals surface area contributed by atoms with E-state index in [9.17, 15) is 4.39 Å². The molecule has 0 amide bonds. The third-order valence-corrected chi connectivity index (χ3v) is 2.79. The number of benzene rings is 2. The molecule has 0 aliphatic heterocycles. The number of ether oxygens (including phenoxy) is 1. The molecule has 2 aromatic carbocycles. The van der Waals surface area contributed by atoms with Gasteiger partial charge in [-0.05, 0) is 29.8 Å². The molecule has 0 saturated carbocycles. The standard InChI is InChI=1S/C14H13ClFNO/c15-11-4-1-3-10(7-11)8-18-9-12-13(16)5-2-6-14(12)17/h1-7H,8-9,17H2. The lowest BCUT2D eigenvalue weighted by molar-refractivity contribution is 0.105. The summed E-state index contributed by atoms with van der Waals surface area (Å²) in [6.07, 6.45) is 0. The molecule has 18 heavy (non-hydrogen) atoms. The van der Waals surface area contributed by atoms with Crippen LogP contribution in [0.2, 0.25) is 5.02 Å². The van der Waals surface area contributed by atoms with Gasteiger partial charge in [-0.1, -0.05) is 29.8 Å². The van der Waals surface area contributed by atoms with Crippen LogP contribution in [0.25, 0.3) is 0 Å². The van der Waals surface area contributed by atoms with Gasteiger partial charge >= 0.3 is 0 Å². The van der Waals surface area contributed by atoms with E-state index in [1.807, 2.05) is 18.2 Å². The number of rotatable bonds is 4. The SMILES string of the molecule is Nc1cccc(F)c1COCc1cccc(Cl)c1. The highest BCUT2D eigenvalue weighted by molar-refractivity contribution is 6.30. The van der Waals surface area contributed by atoms with Gasteiger partial charge in [-0.25, -0.2) is 4.39 Å². The molecule has 0 spiro atoms. The van der Waals surface area contributed by atoms with Gasteiger partial charge in [-0.3, -0.25) is 0 Å². The van der Waals surface area contributed by atoms with Crippen molar-refractivity contribution in [1.82, 2.24) is 0 Å². The van der Waals surface area contributed by atoms with Gasteiger partial charge in [0.15, 0.2) is 0 Å². The van der Waals surface area contributed by atoms with Crippen LogP contribution in [0.3, 0.4) is 0 Å². The van der Waals surface area contributed by atoms with Gasteiger partial charge in [0.2, 0.25) is 0 Å². The van der Waals surface area contributed by atoms with E-state index < -0.39 is 0 Å². The molecule has 0 aliphatic carbocycles. The molecule has 0 radical (unpaired) electrons. The van der Waals surface area contributed by atoms with E-state index in [0.717, 1.165) is 5.56 Å². The Balaban J connectivity index is 1.97. The van der Waals surface area contributed by atoms with E-state index in [-0.39, 0.29) is 12.4 Å². The molecule has 0 unspecified atom stereocenters. The summed E-state index contributed by atoms with van der Waals surface area (Å²) in [5, 5.41) is 0.654. The molecule has 2 N–H and O–H groups in total. The first-order valence-corrected chi connectivity index (χ1v) is 5.89. The average molecular weight is 266 g/mol. The molecule has 0 atom stereocenters. The fourth-order valence-corrected chi connectivity index (χ4v) is 1.84. The summed E-state index contributed by atoms with van der Waals surface area (Å²) >= 11 is 5.86. The highest BCUT2D eigenvalue weighted by Crippen LogP contribution is 2.18.